The Morgan fingerprint density at radius 1 is 1.17 bits per heavy atom. The SMILES string of the molecule is OC[C@H]1OC(O)[C@H](O)[C@@H](O)[C@H]1[123I]. The molecule has 6 heteroatoms. The summed E-state index contributed by atoms with van der Waals surface area (Å²) in [7, 11) is 0. The molecule has 0 radical (unpaired) electrons. The summed E-state index contributed by atoms with van der Waals surface area (Å²) in [5.41, 5.74) is 0. The number of ether oxygens (including phenoxy) is 1. The van der Waals surface area contributed by atoms with Crippen LogP contribution in [0, 0.1) is 0 Å². The maximum Gasteiger partial charge on any atom is 0.183 e. The van der Waals surface area contributed by atoms with Gasteiger partial charge in [-0.25, -0.2) is 0 Å². The first-order chi connectivity index (χ1) is 5.57. The standard InChI is InChI=1S/C6H11IO5/c7-3-2(1-8)12-6(11)5(10)4(3)9/h2-6,8-11H,1H2/t2-,3+,4+,5-,6?/m1/s1/i7-4. The molecule has 1 aliphatic heterocycles. The lowest BCUT2D eigenvalue weighted by Crippen LogP contribution is -2.56. The van der Waals surface area contributed by atoms with Gasteiger partial charge in [-0.15, -0.1) is 0 Å². The lowest BCUT2D eigenvalue weighted by molar-refractivity contribution is -0.246. The molecule has 0 aromatic carbocycles. The Labute approximate surface area is 83.1 Å². The van der Waals surface area contributed by atoms with Crippen LogP contribution in [0.25, 0.3) is 0 Å². The van der Waals surface area contributed by atoms with Crippen molar-refractivity contribution in [3.8, 4) is 0 Å². The third-order valence-electron chi connectivity index (χ3n) is 1.82. The minimum atomic E-state index is -1.41. The number of halogens is 1. The molecule has 0 bridgehead atoms. The first kappa shape index (κ1) is 10.6. The third kappa shape index (κ3) is 1.88. The van der Waals surface area contributed by atoms with E-state index in [-0.39, 0.29) is 6.61 Å². The molecule has 1 aliphatic rings. The average Bonchev–Trinajstić information content (AvgIpc) is 2.08. The Kier molecular flexibility index (Phi) is 3.68. The largest absolute Gasteiger partial charge is 0.394 e. The van der Waals surface area contributed by atoms with Gasteiger partial charge in [0.1, 0.15) is 6.10 Å². The number of hydrogen-bond acceptors (Lipinski definition) is 5. The summed E-state index contributed by atoms with van der Waals surface area (Å²) in [4.78, 5) is 0. The van der Waals surface area contributed by atoms with Gasteiger partial charge in [0.2, 0.25) is 0 Å². The molecule has 0 saturated carbocycles. The Bertz CT molecular complexity index is 150. The van der Waals surface area contributed by atoms with E-state index in [1.807, 2.05) is 22.6 Å². The highest BCUT2D eigenvalue weighted by Crippen LogP contribution is 2.25. The fourth-order valence-corrected chi connectivity index (χ4v) is 1.88. The first-order valence-electron chi connectivity index (χ1n) is 3.52. The van der Waals surface area contributed by atoms with Crippen molar-refractivity contribution in [1.29, 1.82) is 0 Å². The molecule has 1 saturated heterocycles. The van der Waals surface area contributed by atoms with Crippen molar-refractivity contribution in [3.63, 3.8) is 0 Å². The summed E-state index contributed by atoms with van der Waals surface area (Å²) in [6, 6.07) is 0. The second-order valence-corrected chi connectivity index (χ2v) is 4.11. The van der Waals surface area contributed by atoms with E-state index in [1.54, 1.807) is 0 Å². The van der Waals surface area contributed by atoms with Crippen LogP contribution in [0.4, 0.5) is 0 Å². The van der Waals surface area contributed by atoms with Gasteiger partial charge in [0, 0.05) is 0 Å². The van der Waals surface area contributed by atoms with Gasteiger partial charge < -0.3 is 25.2 Å². The van der Waals surface area contributed by atoms with Gasteiger partial charge >= 0.3 is 0 Å². The summed E-state index contributed by atoms with van der Waals surface area (Å²) in [6.45, 7) is -0.283. The molecule has 0 aromatic rings. The van der Waals surface area contributed by atoms with E-state index < -0.39 is 28.5 Å². The second-order valence-electron chi connectivity index (χ2n) is 2.67. The fraction of sp³-hybridized carbons (Fsp3) is 1.00. The van der Waals surface area contributed by atoms with Gasteiger partial charge in [-0.05, 0) is 0 Å². The Balaban J connectivity index is 2.63. The van der Waals surface area contributed by atoms with Crippen molar-refractivity contribution in [1.82, 2.24) is 0 Å². The molecule has 1 rings (SSSR count). The Hall–Kier alpha value is 0.530. The summed E-state index contributed by atoms with van der Waals surface area (Å²) in [5.74, 6) is 0. The number of aliphatic hydroxyl groups excluding tert-OH is 4. The predicted molar refractivity (Wildman–Crippen MR) is 47.8 cm³/mol. The van der Waals surface area contributed by atoms with Gasteiger partial charge in [0.05, 0.1) is 22.7 Å². The average molecular weight is 286 g/mol. The van der Waals surface area contributed by atoms with Crippen LogP contribution in [0.1, 0.15) is 0 Å². The molecule has 5 atom stereocenters. The van der Waals surface area contributed by atoms with Crippen LogP contribution in [-0.4, -0.2) is 55.6 Å². The number of rotatable bonds is 1. The molecule has 0 aromatic heterocycles. The molecule has 4 N–H and O–H groups in total. The highest BCUT2D eigenvalue weighted by Gasteiger charge is 2.41. The molecule has 72 valence electrons. The minimum absolute atomic E-state index is 0.283. The summed E-state index contributed by atoms with van der Waals surface area (Å²) >= 11 is 1.86. The smallest absolute Gasteiger partial charge is 0.183 e. The van der Waals surface area contributed by atoms with Crippen molar-refractivity contribution >= 4 is 22.6 Å². The fourth-order valence-electron chi connectivity index (χ4n) is 1.06. The van der Waals surface area contributed by atoms with Crippen molar-refractivity contribution in [2.24, 2.45) is 0 Å². The van der Waals surface area contributed by atoms with Crippen LogP contribution in [0.3, 0.4) is 0 Å². The van der Waals surface area contributed by atoms with Gasteiger partial charge in [-0.2, -0.15) is 0 Å². The molecular weight excluding hydrogens is 275 g/mol. The normalized spacial score (nSPS) is 49.2. The first-order valence-corrected chi connectivity index (χ1v) is 4.77. The second kappa shape index (κ2) is 4.16. The van der Waals surface area contributed by atoms with Crippen molar-refractivity contribution < 1.29 is 25.2 Å². The van der Waals surface area contributed by atoms with Crippen molar-refractivity contribution in [3.05, 3.63) is 0 Å². The van der Waals surface area contributed by atoms with E-state index in [0.717, 1.165) is 0 Å². The molecule has 1 heterocycles. The van der Waals surface area contributed by atoms with Gasteiger partial charge in [-0.1, -0.05) is 22.6 Å². The molecular formula is C6H11IO5. The van der Waals surface area contributed by atoms with E-state index in [0.29, 0.717) is 0 Å². The maximum atomic E-state index is 9.31. The topological polar surface area (TPSA) is 90.2 Å². The van der Waals surface area contributed by atoms with Crippen LogP contribution in [0.2, 0.25) is 0 Å². The van der Waals surface area contributed by atoms with Gasteiger partial charge in [0.15, 0.2) is 6.29 Å². The molecule has 5 nitrogen and oxygen atoms in total. The number of hydrogen-bond donors (Lipinski definition) is 4. The predicted octanol–water partition coefficient (Wildman–Crippen LogP) is -1.78. The zero-order chi connectivity index (χ0) is 9.30. The number of alkyl halides is 1. The Morgan fingerprint density at radius 2 is 1.75 bits per heavy atom. The van der Waals surface area contributed by atoms with Crippen LogP contribution in [0.5, 0.6) is 0 Å². The van der Waals surface area contributed by atoms with Crippen LogP contribution in [-0.2, 0) is 4.74 Å². The van der Waals surface area contributed by atoms with E-state index >= 15 is 0 Å². The van der Waals surface area contributed by atoms with Gasteiger partial charge in [-0.3, -0.25) is 0 Å². The maximum absolute atomic E-state index is 9.31. The van der Waals surface area contributed by atoms with Crippen molar-refractivity contribution in [2.75, 3.05) is 6.61 Å². The lowest BCUT2D eigenvalue weighted by Gasteiger charge is -2.37. The molecule has 0 aliphatic carbocycles. The summed E-state index contributed by atoms with van der Waals surface area (Å²) < 4.78 is 4.41. The number of aliphatic hydroxyl groups is 4. The van der Waals surface area contributed by atoms with Crippen molar-refractivity contribution in [2.45, 2.75) is 28.5 Å². The highest BCUT2D eigenvalue weighted by molar-refractivity contribution is 14.1. The molecule has 1 fully saturated rings. The van der Waals surface area contributed by atoms with E-state index in [9.17, 15) is 5.11 Å². The van der Waals surface area contributed by atoms with Gasteiger partial charge in [0.25, 0.3) is 0 Å². The quantitative estimate of drug-likeness (QED) is 0.338. The summed E-state index contributed by atoms with van der Waals surface area (Å²) in [5, 5.41) is 36.2. The molecule has 0 spiro atoms. The third-order valence-corrected chi connectivity index (χ3v) is 3.36. The minimum Gasteiger partial charge on any atom is -0.394 e. The highest BCUT2D eigenvalue weighted by atomic mass is 123. The monoisotopic (exact) mass is 286 g/mol. The van der Waals surface area contributed by atoms with Crippen LogP contribution in [0.15, 0.2) is 0 Å². The molecule has 1 unspecified atom stereocenters. The van der Waals surface area contributed by atoms with Crippen LogP contribution < -0.4 is 0 Å². The Morgan fingerprint density at radius 3 is 2.25 bits per heavy atom. The van der Waals surface area contributed by atoms with E-state index in [1.165, 1.54) is 0 Å². The lowest BCUT2D eigenvalue weighted by atomic mass is 10.0. The zero-order valence-corrected chi connectivity index (χ0v) is 8.33. The van der Waals surface area contributed by atoms with E-state index in [4.69, 9.17) is 20.1 Å². The summed E-state index contributed by atoms with van der Waals surface area (Å²) in [6.07, 6.45) is -4.40. The zero-order valence-electron chi connectivity index (χ0n) is 6.17. The molecule has 12 heavy (non-hydrogen) atoms. The van der Waals surface area contributed by atoms with Crippen LogP contribution >= 0.6 is 22.6 Å². The van der Waals surface area contributed by atoms with E-state index in [2.05, 4.69) is 0 Å². The molecule has 0 amide bonds.